The zero-order valence-electron chi connectivity index (χ0n) is 10.4. The molecule has 0 saturated heterocycles. The van der Waals surface area contributed by atoms with Gasteiger partial charge in [0, 0.05) is 12.6 Å². The van der Waals surface area contributed by atoms with Gasteiger partial charge in [-0.2, -0.15) is 0 Å². The van der Waals surface area contributed by atoms with Gasteiger partial charge in [0.05, 0.1) is 6.42 Å². The first-order valence-corrected chi connectivity index (χ1v) is 5.60. The summed E-state index contributed by atoms with van der Waals surface area (Å²) in [5.74, 6) is -1.04. The lowest BCUT2D eigenvalue weighted by Gasteiger charge is -2.24. The Hall–Kier alpha value is -1.42. The van der Waals surface area contributed by atoms with Crippen LogP contribution in [0.1, 0.15) is 30.5 Å². The molecule has 17 heavy (non-hydrogen) atoms. The van der Waals surface area contributed by atoms with Gasteiger partial charge < -0.3 is 5.11 Å². The molecule has 1 N–H and O–H groups in total. The van der Waals surface area contributed by atoms with Crippen LogP contribution in [0.15, 0.2) is 18.2 Å². The molecule has 1 atom stereocenters. The third-order valence-corrected chi connectivity index (χ3v) is 3.02. The maximum absolute atomic E-state index is 13.4. The lowest BCUT2D eigenvalue weighted by molar-refractivity contribution is -0.137. The van der Waals surface area contributed by atoms with Crippen molar-refractivity contribution < 1.29 is 14.3 Å². The average Bonchev–Trinajstić information content (AvgIpc) is 2.28. The molecular weight excluding hydrogens is 221 g/mol. The SMILES string of the molecule is Cc1ccc(C(C)N(C)CCC(=O)O)cc1F. The Labute approximate surface area is 101 Å². The number of carbonyl (C=O) groups is 1. The number of carboxylic acids is 1. The lowest BCUT2D eigenvalue weighted by Crippen LogP contribution is -2.25. The van der Waals surface area contributed by atoms with Crippen molar-refractivity contribution in [2.45, 2.75) is 26.3 Å². The van der Waals surface area contributed by atoms with Gasteiger partial charge in [0.1, 0.15) is 5.82 Å². The third-order valence-electron chi connectivity index (χ3n) is 3.02. The second-order valence-corrected chi connectivity index (χ2v) is 4.31. The van der Waals surface area contributed by atoms with Crippen LogP contribution >= 0.6 is 0 Å². The van der Waals surface area contributed by atoms with Crippen LogP contribution in [-0.2, 0) is 4.79 Å². The van der Waals surface area contributed by atoms with Crippen LogP contribution in [0.25, 0.3) is 0 Å². The van der Waals surface area contributed by atoms with Gasteiger partial charge in [0.15, 0.2) is 0 Å². The Kier molecular flexibility index (Phi) is 4.63. The second-order valence-electron chi connectivity index (χ2n) is 4.31. The average molecular weight is 239 g/mol. The van der Waals surface area contributed by atoms with Crippen molar-refractivity contribution in [2.24, 2.45) is 0 Å². The molecule has 0 heterocycles. The number of rotatable bonds is 5. The normalized spacial score (nSPS) is 12.8. The van der Waals surface area contributed by atoms with Gasteiger partial charge >= 0.3 is 5.97 Å². The number of aliphatic carboxylic acids is 1. The van der Waals surface area contributed by atoms with E-state index in [1.165, 1.54) is 6.07 Å². The van der Waals surface area contributed by atoms with E-state index in [-0.39, 0.29) is 18.3 Å². The molecule has 1 unspecified atom stereocenters. The number of nitrogens with zero attached hydrogens (tertiary/aromatic N) is 1. The molecule has 3 nitrogen and oxygen atoms in total. The van der Waals surface area contributed by atoms with Crippen molar-refractivity contribution in [3.8, 4) is 0 Å². The van der Waals surface area contributed by atoms with E-state index >= 15 is 0 Å². The molecule has 1 aromatic carbocycles. The van der Waals surface area contributed by atoms with Crippen LogP contribution < -0.4 is 0 Å². The van der Waals surface area contributed by atoms with Crippen LogP contribution in [0, 0.1) is 12.7 Å². The molecule has 0 spiro atoms. The van der Waals surface area contributed by atoms with E-state index in [0.717, 1.165) is 5.56 Å². The number of halogens is 1. The largest absolute Gasteiger partial charge is 0.481 e. The highest BCUT2D eigenvalue weighted by atomic mass is 19.1. The van der Waals surface area contributed by atoms with E-state index in [1.807, 2.05) is 24.9 Å². The van der Waals surface area contributed by atoms with E-state index in [1.54, 1.807) is 13.0 Å². The van der Waals surface area contributed by atoms with Crippen LogP contribution in [0.5, 0.6) is 0 Å². The van der Waals surface area contributed by atoms with Gasteiger partial charge in [-0.25, -0.2) is 4.39 Å². The molecule has 94 valence electrons. The van der Waals surface area contributed by atoms with E-state index in [9.17, 15) is 9.18 Å². The number of aryl methyl sites for hydroxylation is 1. The van der Waals surface area contributed by atoms with Crippen LogP contribution in [0.4, 0.5) is 4.39 Å². The summed E-state index contributed by atoms with van der Waals surface area (Å²) < 4.78 is 13.4. The Morgan fingerprint density at radius 1 is 1.53 bits per heavy atom. The fourth-order valence-corrected chi connectivity index (χ4v) is 1.59. The minimum Gasteiger partial charge on any atom is -0.481 e. The maximum atomic E-state index is 13.4. The highest BCUT2D eigenvalue weighted by molar-refractivity contribution is 5.66. The first-order valence-electron chi connectivity index (χ1n) is 5.60. The molecule has 0 aliphatic heterocycles. The topological polar surface area (TPSA) is 40.5 Å². The third kappa shape index (κ3) is 3.82. The molecule has 1 rings (SSSR count). The van der Waals surface area contributed by atoms with E-state index in [0.29, 0.717) is 12.1 Å². The number of carboxylic acid groups (broad SMARTS) is 1. The number of hydrogen-bond acceptors (Lipinski definition) is 2. The van der Waals surface area contributed by atoms with Crippen LogP contribution in [0.2, 0.25) is 0 Å². The Morgan fingerprint density at radius 2 is 2.18 bits per heavy atom. The molecule has 0 bridgehead atoms. The minimum absolute atomic E-state index is 0.00412. The summed E-state index contributed by atoms with van der Waals surface area (Å²) in [4.78, 5) is 12.4. The molecule has 0 radical (unpaired) electrons. The zero-order chi connectivity index (χ0) is 13.0. The first-order chi connectivity index (χ1) is 7.91. The van der Waals surface area contributed by atoms with Crippen molar-refractivity contribution in [3.05, 3.63) is 35.1 Å². The smallest absolute Gasteiger partial charge is 0.304 e. The molecule has 0 saturated carbocycles. The van der Waals surface area contributed by atoms with Crippen molar-refractivity contribution in [1.29, 1.82) is 0 Å². The highest BCUT2D eigenvalue weighted by Crippen LogP contribution is 2.21. The Morgan fingerprint density at radius 3 is 2.71 bits per heavy atom. The van der Waals surface area contributed by atoms with Gasteiger partial charge in [-0.3, -0.25) is 9.69 Å². The fourth-order valence-electron chi connectivity index (χ4n) is 1.59. The Balaban J connectivity index is 2.70. The predicted octanol–water partition coefficient (Wildman–Crippen LogP) is 2.60. The van der Waals surface area contributed by atoms with Crippen molar-refractivity contribution in [2.75, 3.05) is 13.6 Å². The van der Waals surface area contributed by atoms with Gasteiger partial charge in [-0.05, 0) is 38.1 Å². The molecule has 0 fully saturated rings. The van der Waals surface area contributed by atoms with E-state index in [4.69, 9.17) is 5.11 Å². The van der Waals surface area contributed by atoms with Gasteiger partial charge in [0.25, 0.3) is 0 Å². The van der Waals surface area contributed by atoms with Gasteiger partial charge in [-0.15, -0.1) is 0 Å². The van der Waals surface area contributed by atoms with Crippen molar-refractivity contribution in [3.63, 3.8) is 0 Å². The van der Waals surface area contributed by atoms with E-state index in [2.05, 4.69) is 0 Å². The maximum Gasteiger partial charge on any atom is 0.304 e. The van der Waals surface area contributed by atoms with Crippen molar-refractivity contribution in [1.82, 2.24) is 4.90 Å². The van der Waals surface area contributed by atoms with E-state index < -0.39 is 5.97 Å². The summed E-state index contributed by atoms with van der Waals surface area (Å²) in [6.45, 7) is 4.11. The molecule has 0 aliphatic rings. The molecule has 4 heteroatoms. The summed E-state index contributed by atoms with van der Waals surface area (Å²) in [7, 11) is 1.84. The van der Waals surface area contributed by atoms with Gasteiger partial charge in [0.2, 0.25) is 0 Å². The summed E-state index contributed by atoms with van der Waals surface area (Å²) in [5.41, 5.74) is 1.48. The standard InChI is InChI=1S/C13H18FNO2/c1-9-4-5-11(8-12(9)14)10(2)15(3)7-6-13(16)17/h4-5,8,10H,6-7H2,1-3H3,(H,16,17). The van der Waals surface area contributed by atoms with Crippen molar-refractivity contribution >= 4 is 5.97 Å². The number of hydrogen-bond donors (Lipinski definition) is 1. The quantitative estimate of drug-likeness (QED) is 0.858. The molecule has 0 amide bonds. The summed E-state index contributed by atoms with van der Waals surface area (Å²) in [6.07, 6.45) is 0.0924. The Bertz CT molecular complexity index is 406. The number of benzene rings is 1. The second kappa shape index (κ2) is 5.77. The van der Waals surface area contributed by atoms with Gasteiger partial charge in [-0.1, -0.05) is 12.1 Å². The zero-order valence-corrected chi connectivity index (χ0v) is 10.4. The summed E-state index contributed by atoms with van der Waals surface area (Å²) >= 11 is 0. The molecular formula is C13H18FNO2. The monoisotopic (exact) mass is 239 g/mol. The summed E-state index contributed by atoms with van der Waals surface area (Å²) in [6, 6.07) is 5.13. The molecule has 0 aromatic heterocycles. The summed E-state index contributed by atoms with van der Waals surface area (Å²) in [5, 5.41) is 8.61. The fraction of sp³-hybridized carbons (Fsp3) is 0.462. The molecule has 0 aliphatic carbocycles. The van der Waals surface area contributed by atoms with Crippen LogP contribution in [-0.4, -0.2) is 29.6 Å². The lowest BCUT2D eigenvalue weighted by atomic mass is 10.0. The highest BCUT2D eigenvalue weighted by Gasteiger charge is 2.13. The first kappa shape index (κ1) is 13.6. The van der Waals surface area contributed by atoms with Crippen LogP contribution in [0.3, 0.4) is 0 Å². The predicted molar refractivity (Wildman–Crippen MR) is 64.4 cm³/mol. The molecule has 1 aromatic rings. The minimum atomic E-state index is -0.820.